The van der Waals surface area contributed by atoms with E-state index in [1.807, 2.05) is 24.3 Å². The maximum Gasteiger partial charge on any atom is 0.228 e. The second kappa shape index (κ2) is 6.91. The summed E-state index contributed by atoms with van der Waals surface area (Å²) in [6.45, 7) is 2.36. The molecule has 114 valence electrons. The maximum atomic E-state index is 12.2. The Labute approximate surface area is 130 Å². The Hall–Kier alpha value is -1.59. The van der Waals surface area contributed by atoms with Gasteiger partial charge in [-0.15, -0.1) is 12.4 Å². The number of hydrogen-bond donors (Lipinski definition) is 2. The Balaban J connectivity index is 0.00000161. The second-order valence-corrected chi connectivity index (χ2v) is 5.35. The minimum Gasteiger partial charge on any atom is -0.324 e. The van der Waals surface area contributed by atoms with E-state index in [1.165, 1.54) is 0 Å². The third-order valence-electron chi connectivity index (χ3n) is 3.96. The lowest BCUT2D eigenvalue weighted by Crippen LogP contribution is -2.28. The molecule has 1 atom stereocenters. The quantitative estimate of drug-likeness (QED) is 0.895. The number of carbonyl (C=O) groups excluding carboxylic acids is 2. The minimum atomic E-state index is 0. The van der Waals surface area contributed by atoms with Gasteiger partial charge in [0.1, 0.15) is 0 Å². The van der Waals surface area contributed by atoms with Gasteiger partial charge in [-0.2, -0.15) is 0 Å². The van der Waals surface area contributed by atoms with E-state index >= 15 is 0 Å². The molecule has 2 N–H and O–H groups in total. The van der Waals surface area contributed by atoms with Gasteiger partial charge >= 0.3 is 0 Å². The molecule has 0 spiro atoms. The van der Waals surface area contributed by atoms with Gasteiger partial charge in [0.2, 0.25) is 11.8 Å². The molecular formula is C15H20ClN3O2. The maximum absolute atomic E-state index is 12.2. The zero-order chi connectivity index (χ0) is 13.9. The zero-order valence-electron chi connectivity index (χ0n) is 11.8. The van der Waals surface area contributed by atoms with Crippen LogP contribution >= 0.6 is 12.4 Å². The number of benzene rings is 1. The van der Waals surface area contributed by atoms with Gasteiger partial charge in [-0.25, -0.2) is 0 Å². The van der Waals surface area contributed by atoms with Crippen molar-refractivity contribution >= 4 is 35.6 Å². The normalized spacial score (nSPS) is 21.2. The van der Waals surface area contributed by atoms with Crippen LogP contribution in [0.2, 0.25) is 0 Å². The molecule has 2 heterocycles. The summed E-state index contributed by atoms with van der Waals surface area (Å²) >= 11 is 0. The van der Waals surface area contributed by atoms with Crippen molar-refractivity contribution in [2.45, 2.75) is 19.3 Å². The molecule has 0 saturated carbocycles. The number of halogens is 1. The van der Waals surface area contributed by atoms with Crippen molar-refractivity contribution in [2.24, 2.45) is 5.92 Å². The summed E-state index contributed by atoms with van der Waals surface area (Å²) in [4.78, 5) is 25.8. The second-order valence-electron chi connectivity index (χ2n) is 5.35. The molecule has 2 saturated heterocycles. The highest BCUT2D eigenvalue weighted by molar-refractivity contribution is 6.02. The first-order valence-electron chi connectivity index (χ1n) is 7.16. The number of anilines is 2. The summed E-state index contributed by atoms with van der Waals surface area (Å²) in [7, 11) is 0. The highest BCUT2D eigenvalue weighted by atomic mass is 35.5. The summed E-state index contributed by atoms with van der Waals surface area (Å²) in [5, 5.41) is 6.17. The monoisotopic (exact) mass is 309 g/mol. The molecule has 1 aromatic rings. The molecule has 0 aromatic heterocycles. The zero-order valence-corrected chi connectivity index (χ0v) is 12.6. The lowest BCUT2D eigenvalue weighted by Gasteiger charge is -2.20. The Morgan fingerprint density at radius 2 is 2.14 bits per heavy atom. The highest BCUT2D eigenvalue weighted by Gasteiger charge is 2.26. The predicted octanol–water partition coefficient (Wildman–Crippen LogP) is 1.78. The van der Waals surface area contributed by atoms with Crippen molar-refractivity contribution in [3.05, 3.63) is 24.3 Å². The van der Waals surface area contributed by atoms with Gasteiger partial charge in [-0.05, 0) is 31.5 Å². The number of nitrogens with zero attached hydrogens (tertiary/aromatic N) is 1. The van der Waals surface area contributed by atoms with E-state index in [0.29, 0.717) is 6.42 Å². The average molecular weight is 310 g/mol. The van der Waals surface area contributed by atoms with Gasteiger partial charge in [0, 0.05) is 19.5 Å². The third-order valence-corrected chi connectivity index (χ3v) is 3.96. The standard InChI is InChI=1S/C15H19N3O2.ClH/c19-14-6-3-9-18(14)13-5-2-1-4-12(13)17-15(20)11-7-8-16-10-11;/h1-2,4-5,11,16H,3,6-10H2,(H,17,20);1H. The van der Waals surface area contributed by atoms with Crippen LogP contribution in [-0.2, 0) is 9.59 Å². The van der Waals surface area contributed by atoms with Crippen molar-refractivity contribution in [2.75, 3.05) is 29.9 Å². The van der Waals surface area contributed by atoms with E-state index in [9.17, 15) is 9.59 Å². The van der Waals surface area contributed by atoms with Gasteiger partial charge in [0.05, 0.1) is 17.3 Å². The van der Waals surface area contributed by atoms with E-state index in [2.05, 4.69) is 10.6 Å². The van der Waals surface area contributed by atoms with E-state index in [1.54, 1.807) is 4.90 Å². The van der Waals surface area contributed by atoms with Crippen LogP contribution in [0.3, 0.4) is 0 Å². The largest absolute Gasteiger partial charge is 0.324 e. The fraction of sp³-hybridized carbons (Fsp3) is 0.467. The molecule has 1 unspecified atom stereocenters. The van der Waals surface area contributed by atoms with Gasteiger partial charge in [-0.1, -0.05) is 12.1 Å². The fourth-order valence-electron chi connectivity index (χ4n) is 2.83. The topological polar surface area (TPSA) is 61.4 Å². The molecule has 2 amide bonds. The van der Waals surface area contributed by atoms with Crippen LogP contribution < -0.4 is 15.5 Å². The Morgan fingerprint density at radius 3 is 2.81 bits per heavy atom. The number of rotatable bonds is 3. The van der Waals surface area contributed by atoms with Crippen LogP contribution in [0.15, 0.2) is 24.3 Å². The van der Waals surface area contributed by atoms with E-state index in [-0.39, 0.29) is 30.1 Å². The molecule has 3 rings (SSSR count). The molecule has 2 aliphatic heterocycles. The number of para-hydroxylation sites is 2. The molecule has 0 bridgehead atoms. The molecule has 2 aliphatic rings. The van der Waals surface area contributed by atoms with Crippen LogP contribution in [0.5, 0.6) is 0 Å². The molecular weight excluding hydrogens is 290 g/mol. The first kappa shape index (κ1) is 15.8. The fourth-order valence-corrected chi connectivity index (χ4v) is 2.83. The Kier molecular flexibility index (Phi) is 5.20. The number of hydrogen-bond acceptors (Lipinski definition) is 3. The summed E-state index contributed by atoms with van der Waals surface area (Å²) in [6.07, 6.45) is 2.35. The van der Waals surface area contributed by atoms with E-state index in [4.69, 9.17) is 0 Å². The molecule has 21 heavy (non-hydrogen) atoms. The minimum absolute atomic E-state index is 0. The van der Waals surface area contributed by atoms with Gasteiger partial charge < -0.3 is 15.5 Å². The van der Waals surface area contributed by atoms with E-state index in [0.717, 1.165) is 43.9 Å². The van der Waals surface area contributed by atoms with Crippen LogP contribution in [0, 0.1) is 5.92 Å². The molecule has 0 radical (unpaired) electrons. The molecule has 5 nitrogen and oxygen atoms in total. The van der Waals surface area contributed by atoms with E-state index < -0.39 is 0 Å². The summed E-state index contributed by atoms with van der Waals surface area (Å²) < 4.78 is 0. The third kappa shape index (κ3) is 3.36. The van der Waals surface area contributed by atoms with Crippen molar-refractivity contribution in [3.63, 3.8) is 0 Å². The van der Waals surface area contributed by atoms with Gasteiger partial charge in [-0.3, -0.25) is 9.59 Å². The lowest BCUT2D eigenvalue weighted by molar-refractivity contribution is -0.119. The molecule has 6 heteroatoms. The van der Waals surface area contributed by atoms with Crippen molar-refractivity contribution < 1.29 is 9.59 Å². The molecule has 0 aliphatic carbocycles. The van der Waals surface area contributed by atoms with Crippen LogP contribution in [0.4, 0.5) is 11.4 Å². The SMILES string of the molecule is Cl.O=C(Nc1ccccc1N1CCCC1=O)C1CCNC1. The van der Waals surface area contributed by atoms with Crippen LogP contribution in [0.25, 0.3) is 0 Å². The van der Waals surface area contributed by atoms with Crippen molar-refractivity contribution in [3.8, 4) is 0 Å². The van der Waals surface area contributed by atoms with Gasteiger partial charge in [0.15, 0.2) is 0 Å². The van der Waals surface area contributed by atoms with Crippen molar-refractivity contribution in [1.29, 1.82) is 0 Å². The number of nitrogens with one attached hydrogen (secondary N) is 2. The number of carbonyl (C=O) groups is 2. The Morgan fingerprint density at radius 1 is 1.33 bits per heavy atom. The number of amides is 2. The summed E-state index contributed by atoms with van der Waals surface area (Å²) in [5.74, 6) is 0.195. The molecule has 1 aromatic carbocycles. The van der Waals surface area contributed by atoms with Crippen LogP contribution in [0.1, 0.15) is 19.3 Å². The summed E-state index contributed by atoms with van der Waals surface area (Å²) in [6, 6.07) is 7.53. The molecule has 2 fully saturated rings. The summed E-state index contributed by atoms with van der Waals surface area (Å²) in [5.41, 5.74) is 1.55. The Bertz CT molecular complexity index is 529. The highest BCUT2D eigenvalue weighted by Crippen LogP contribution is 2.29. The van der Waals surface area contributed by atoms with Crippen LogP contribution in [-0.4, -0.2) is 31.4 Å². The predicted molar refractivity (Wildman–Crippen MR) is 84.9 cm³/mol. The van der Waals surface area contributed by atoms with Crippen molar-refractivity contribution in [1.82, 2.24) is 5.32 Å². The van der Waals surface area contributed by atoms with Gasteiger partial charge in [0.25, 0.3) is 0 Å². The lowest BCUT2D eigenvalue weighted by atomic mass is 10.1. The smallest absolute Gasteiger partial charge is 0.228 e. The first-order valence-corrected chi connectivity index (χ1v) is 7.16. The average Bonchev–Trinajstić information content (AvgIpc) is 3.10. The first-order chi connectivity index (χ1) is 9.75.